The van der Waals surface area contributed by atoms with Crippen LogP contribution in [-0.2, 0) is 0 Å². The highest BCUT2D eigenvalue weighted by Gasteiger charge is 2.05. The van der Waals surface area contributed by atoms with Gasteiger partial charge in [0.05, 0.1) is 0 Å². The number of fused-ring (bicyclic) bond motifs is 1. The van der Waals surface area contributed by atoms with Gasteiger partial charge in [-0.3, -0.25) is 0 Å². The van der Waals surface area contributed by atoms with Crippen LogP contribution < -0.4 is 10.9 Å². The molecule has 15 heavy (non-hydrogen) atoms. The van der Waals surface area contributed by atoms with E-state index < -0.39 is 10.8 Å². The average molecular weight is 221 g/mol. The van der Waals surface area contributed by atoms with Gasteiger partial charge in [0.2, 0.25) is 0 Å². The standard InChI is InChI=1S/C10H7NO3S/c12-9-7(11-10(13)15)5-6-3-1-2-4-8(6)14-9/h1-5H,(H2,11,13,15). The zero-order chi connectivity index (χ0) is 10.8. The minimum atomic E-state index is -0.565. The van der Waals surface area contributed by atoms with E-state index >= 15 is 0 Å². The van der Waals surface area contributed by atoms with Gasteiger partial charge in [0.15, 0.2) is 0 Å². The first-order valence-corrected chi connectivity index (χ1v) is 4.60. The Morgan fingerprint density at radius 3 is 2.87 bits per heavy atom. The lowest BCUT2D eigenvalue weighted by Crippen LogP contribution is -2.14. The van der Waals surface area contributed by atoms with Crippen molar-refractivity contribution >= 4 is 34.0 Å². The number of benzene rings is 1. The topological polar surface area (TPSA) is 62.5 Å². The van der Waals surface area contributed by atoms with Crippen molar-refractivity contribution in [3.63, 3.8) is 0 Å². The summed E-state index contributed by atoms with van der Waals surface area (Å²) in [6.45, 7) is 0. The monoisotopic (exact) mass is 221 g/mol. The molecule has 76 valence electrons. The second-order valence-corrected chi connectivity index (χ2v) is 3.30. The lowest BCUT2D eigenvalue weighted by Gasteiger charge is -2.01. The first kappa shape index (κ1) is 9.67. The molecule has 0 radical (unpaired) electrons. The molecule has 5 heteroatoms. The highest BCUT2D eigenvalue weighted by Crippen LogP contribution is 2.14. The molecule has 2 rings (SSSR count). The molecule has 2 aromatic rings. The van der Waals surface area contributed by atoms with Crippen molar-refractivity contribution in [3.8, 4) is 0 Å². The minimum Gasteiger partial charge on any atom is -0.486 e. The van der Waals surface area contributed by atoms with Crippen LogP contribution in [0.3, 0.4) is 0 Å². The second-order valence-electron chi connectivity index (χ2n) is 2.92. The summed E-state index contributed by atoms with van der Waals surface area (Å²) < 4.78 is 5.00. The van der Waals surface area contributed by atoms with E-state index in [1.807, 2.05) is 6.07 Å². The van der Waals surface area contributed by atoms with Crippen LogP contribution >= 0.6 is 12.2 Å². The quantitative estimate of drug-likeness (QED) is 0.570. The van der Waals surface area contributed by atoms with Crippen LogP contribution in [0.25, 0.3) is 11.0 Å². The molecule has 0 unspecified atom stereocenters. The van der Waals surface area contributed by atoms with E-state index in [1.165, 1.54) is 0 Å². The molecule has 0 aliphatic carbocycles. The molecular formula is C10H7NO3S. The molecule has 1 aromatic heterocycles. The van der Waals surface area contributed by atoms with Crippen LogP contribution in [0, 0.1) is 0 Å². The maximum atomic E-state index is 11.4. The Balaban J connectivity index is 2.62. The van der Waals surface area contributed by atoms with E-state index in [0.717, 1.165) is 5.39 Å². The lowest BCUT2D eigenvalue weighted by atomic mass is 10.2. The number of hydrogen-bond donors (Lipinski definition) is 2. The van der Waals surface area contributed by atoms with Gasteiger partial charge >= 0.3 is 5.63 Å². The van der Waals surface area contributed by atoms with Crippen molar-refractivity contribution < 1.29 is 9.52 Å². The number of rotatable bonds is 1. The Hall–Kier alpha value is -1.88. The number of para-hydroxylation sites is 1. The van der Waals surface area contributed by atoms with E-state index in [0.29, 0.717) is 5.58 Å². The summed E-state index contributed by atoms with van der Waals surface area (Å²) >= 11 is 4.42. The molecule has 0 aliphatic rings. The van der Waals surface area contributed by atoms with E-state index in [-0.39, 0.29) is 5.69 Å². The number of hydrogen-bond acceptors (Lipinski definition) is 3. The maximum absolute atomic E-state index is 11.4. The summed E-state index contributed by atoms with van der Waals surface area (Å²) in [5.74, 6) is 0. The van der Waals surface area contributed by atoms with Crippen LogP contribution in [0.15, 0.2) is 39.5 Å². The van der Waals surface area contributed by atoms with Crippen LogP contribution in [0.5, 0.6) is 0 Å². The van der Waals surface area contributed by atoms with Crippen LogP contribution in [0.2, 0.25) is 0 Å². The summed E-state index contributed by atoms with van der Waals surface area (Å²) in [6.07, 6.45) is 0. The Bertz CT molecular complexity index is 576. The van der Waals surface area contributed by atoms with Crippen molar-refractivity contribution in [1.29, 1.82) is 0 Å². The van der Waals surface area contributed by atoms with E-state index in [4.69, 9.17) is 9.52 Å². The maximum Gasteiger partial charge on any atom is 0.360 e. The molecule has 0 atom stereocenters. The fraction of sp³-hybridized carbons (Fsp3) is 0. The predicted molar refractivity (Wildman–Crippen MR) is 61.3 cm³/mol. The van der Waals surface area contributed by atoms with Crippen molar-refractivity contribution in [3.05, 3.63) is 40.8 Å². The minimum absolute atomic E-state index is 0.126. The normalized spacial score (nSPS) is 10.1. The van der Waals surface area contributed by atoms with Gasteiger partial charge in [-0.25, -0.2) is 4.79 Å². The molecule has 0 saturated carbocycles. The van der Waals surface area contributed by atoms with E-state index in [2.05, 4.69) is 17.5 Å². The van der Waals surface area contributed by atoms with Gasteiger partial charge in [0.1, 0.15) is 11.3 Å². The van der Waals surface area contributed by atoms with Gasteiger partial charge in [-0.2, -0.15) is 0 Å². The van der Waals surface area contributed by atoms with Crippen molar-refractivity contribution in [2.24, 2.45) is 0 Å². The first-order chi connectivity index (χ1) is 7.16. The lowest BCUT2D eigenvalue weighted by molar-refractivity contribution is 0.555. The number of nitrogens with one attached hydrogen (secondary N) is 1. The first-order valence-electron chi connectivity index (χ1n) is 4.19. The third-order valence-electron chi connectivity index (χ3n) is 1.88. The largest absolute Gasteiger partial charge is 0.486 e. The molecule has 2 N–H and O–H groups in total. The number of aliphatic hydroxyl groups is 1. The fourth-order valence-electron chi connectivity index (χ4n) is 1.26. The molecule has 1 aromatic carbocycles. The van der Waals surface area contributed by atoms with Crippen molar-refractivity contribution in [2.75, 3.05) is 5.32 Å². The molecule has 0 fully saturated rings. The van der Waals surface area contributed by atoms with Gasteiger partial charge in [0, 0.05) is 5.39 Å². The zero-order valence-corrected chi connectivity index (χ0v) is 8.38. The Morgan fingerprint density at radius 1 is 1.40 bits per heavy atom. The SMILES string of the molecule is O=c1oc2ccccc2cc1NC(O)=S. The summed E-state index contributed by atoms with van der Waals surface area (Å²) in [7, 11) is 0. The van der Waals surface area contributed by atoms with Crippen LogP contribution in [0.1, 0.15) is 0 Å². The fourth-order valence-corrected chi connectivity index (χ4v) is 1.37. The summed E-state index contributed by atoms with van der Waals surface area (Å²) in [5, 5.41) is 11.5. The van der Waals surface area contributed by atoms with Crippen LogP contribution in [-0.4, -0.2) is 10.3 Å². The zero-order valence-electron chi connectivity index (χ0n) is 7.56. The van der Waals surface area contributed by atoms with E-state index in [9.17, 15) is 4.79 Å². The van der Waals surface area contributed by atoms with Crippen molar-refractivity contribution in [2.45, 2.75) is 0 Å². The van der Waals surface area contributed by atoms with Gasteiger partial charge in [-0.1, -0.05) is 18.2 Å². The number of thiocarbonyl (C=S) groups is 1. The predicted octanol–water partition coefficient (Wildman–Crippen LogP) is 2.05. The van der Waals surface area contributed by atoms with Gasteiger partial charge < -0.3 is 14.8 Å². The third kappa shape index (κ3) is 1.97. The summed E-state index contributed by atoms with van der Waals surface area (Å²) in [4.78, 5) is 11.4. The molecule has 0 bridgehead atoms. The molecule has 0 amide bonds. The molecule has 1 heterocycles. The number of anilines is 1. The van der Waals surface area contributed by atoms with Gasteiger partial charge in [-0.15, -0.1) is 0 Å². The second kappa shape index (κ2) is 3.70. The highest BCUT2D eigenvalue weighted by molar-refractivity contribution is 7.80. The van der Waals surface area contributed by atoms with Gasteiger partial charge in [-0.05, 0) is 24.4 Å². The molecule has 0 aliphatic heterocycles. The molecule has 0 saturated heterocycles. The Morgan fingerprint density at radius 2 is 2.13 bits per heavy atom. The van der Waals surface area contributed by atoms with Crippen LogP contribution in [0.4, 0.5) is 5.69 Å². The smallest absolute Gasteiger partial charge is 0.360 e. The molecule has 4 nitrogen and oxygen atoms in total. The molecular weight excluding hydrogens is 214 g/mol. The number of aliphatic hydroxyl groups excluding tert-OH is 1. The highest BCUT2D eigenvalue weighted by atomic mass is 32.1. The third-order valence-corrected chi connectivity index (χ3v) is 1.99. The summed E-state index contributed by atoms with van der Waals surface area (Å²) in [6, 6.07) is 8.66. The summed E-state index contributed by atoms with van der Waals surface area (Å²) in [5.41, 5.74) is 0.0585. The average Bonchev–Trinajstić information content (AvgIpc) is 2.18. The van der Waals surface area contributed by atoms with Crippen molar-refractivity contribution in [1.82, 2.24) is 0 Å². The van der Waals surface area contributed by atoms with E-state index in [1.54, 1.807) is 24.3 Å². The molecule has 0 spiro atoms. The Kier molecular flexibility index (Phi) is 2.39. The Labute approximate surface area is 90.1 Å². The van der Waals surface area contributed by atoms with Gasteiger partial charge in [0.25, 0.3) is 5.17 Å².